The molecule has 0 aliphatic carbocycles. The van der Waals surface area contributed by atoms with Crippen molar-refractivity contribution in [1.29, 1.82) is 0 Å². The Bertz CT molecular complexity index is 433. The summed E-state index contributed by atoms with van der Waals surface area (Å²) in [5.41, 5.74) is 0. The maximum atomic E-state index is 12.2. The second kappa shape index (κ2) is 6.50. The quantitative estimate of drug-likeness (QED) is 0.879. The number of nitrogens with one attached hydrogen (secondary N) is 2. The second-order valence-corrected chi connectivity index (χ2v) is 6.51. The van der Waals surface area contributed by atoms with E-state index in [9.17, 15) is 4.79 Å². The number of carbonyl (C=O) groups excluding carboxylic acids is 1. The van der Waals surface area contributed by atoms with E-state index in [0.717, 1.165) is 13.0 Å². The zero-order chi connectivity index (χ0) is 13.8. The zero-order valence-electron chi connectivity index (χ0n) is 11.7. The number of hydrogen-bond donors (Lipinski definition) is 2. The van der Waals surface area contributed by atoms with Crippen molar-refractivity contribution in [3.63, 3.8) is 0 Å². The molecule has 1 saturated heterocycles. The summed E-state index contributed by atoms with van der Waals surface area (Å²) in [4.78, 5) is 14.8. The van der Waals surface area contributed by atoms with E-state index in [1.165, 1.54) is 9.75 Å². The van der Waals surface area contributed by atoms with Crippen LogP contribution >= 0.6 is 11.3 Å². The molecule has 2 N–H and O–H groups in total. The van der Waals surface area contributed by atoms with Gasteiger partial charge in [0.2, 0.25) is 5.91 Å². The van der Waals surface area contributed by atoms with E-state index >= 15 is 0 Å². The van der Waals surface area contributed by atoms with Crippen molar-refractivity contribution in [2.45, 2.75) is 45.4 Å². The Morgan fingerprint density at radius 1 is 1.63 bits per heavy atom. The minimum Gasteiger partial charge on any atom is -0.375 e. The van der Waals surface area contributed by atoms with Gasteiger partial charge in [-0.05, 0) is 32.9 Å². The van der Waals surface area contributed by atoms with Crippen LogP contribution in [0.2, 0.25) is 0 Å². The summed E-state index contributed by atoms with van der Waals surface area (Å²) in [5.74, 6) is 0.0352. The third kappa shape index (κ3) is 4.03. The van der Waals surface area contributed by atoms with Gasteiger partial charge in [0.05, 0.1) is 12.7 Å². The van der Waals surface area contributed by atoms with Gasteiger partial charge in [0.25, 0.3) is 0 Å². The summed E-state index contributed by atoms with van der Waals surface area (Å²) in [6.07, 6.45) is 0.816. The van der Waals surface area contributed by atoms with Crippen molar-refractivity contribution < 1.29 is 9.53 Å². The molecule has 0 spiro atoms. The SMILES string of the molecule is Cc1ccc(CC(C)NC(=O)[C@H]2NCCO[C@@H]2C)s1. The smallest absolute Gasteiger partial charge is 0.240 e. The van der Waals surface area contributed by atoms with Crippen molar-refractivity contribution in [3.05, 3.63) is 21.9 Å². The van der Waals surface area contributed by atoms with Gasteiger partial charge in [-0.2, -0.15) is 0 Å². The Balaban J connectivity index is 1.84. The Hall–Kier alpha value is -0.910. The first-order valence-corrected chi connectivity index (χ1v) is 7.58. The Morgan fingerprint density at radius 3 is 3.05 bits per heavy atom. The van der Waals surface area contributed by atoms with E-state index in [1.54, 1.807) is 11.3 Å². The maximum absolute atomic E-state index is 12.2. The van der Waals surface area contributed by atoms with Crippen molar-refractivity contribution in [1.82, 2.24) is 10.6 Å². The van der Waals surface area contributed by atoms with Crippen LogP contribution in [0.15, 0.2) is 12.1 Å². The molecule has 1 aromatic rings. The lowest BCUT2D eigenvalue weighted by molar-refractivity contribution is -0.129. The molecule has 3 atom stereocenters. The molecule has 1 fully saturated rings. The third-order valence-electron chi connectivity index (χ3n) is 3.29. The van der Waals surface area contributed by atoms with Crippen molar-refractivity contribution in [2.75, 3.05) is 13.2 Å². The van der Waals surface area contributed by atoms with Crippen LogP contribution in [0.1, 0.15) is 23.6 Å². The van der Waals surface area contributed by atoms with E-state index in [0.29, 0.717) is 6.61 Å². The Labute approximate surface area is 118 Å². The Kier molecular flexibility index (Phi) is 4.96. The van der Waals surface area contributed by atoms with Gasteiger partial charge in [-0.3, -0.25) is 4.79 Å². The van der Waals surface area contributed by atoms with Crippen LogP contribution < -0.4 is 10.6 Å². The van der Waals surface area contributed by atoms with Crippen LogP contribution in [0.5, 0.6) is 0 Å². The summed E-state index contributed by atoms with van der Waals surface area (Å²) in [6, 6.07) is 4.16. The number of ether oxygens (including phenoxy) is 1. The van der Waals surface area contributed by atoms with Gasteiger partial charge >= 0.3 is 0 Å². The number of hydrogen-bond acceptors (Lipinski definition) is 4. The summed E-state index contributed by atoms with van der Waals surface area (Å²) in [6.45, 7) is 7.49. The molecule has 1 aromatic heterocycles. The van der Waals surface area contributed by atoms with E-state index in [4.69, 9.17) is 4.74 Å². The average Bonchev–Trinajstić information content (AvgIpc) is 2.74. The van der Waals surface area contributed by atoms with Gasteiger partial charge < -0.3 is 15.4 Å². The third-order valence-corrected chi connectivity index (χ3v) is 4.31. The molecule has 0 aromatic carbocycles. The maximum Gasteiger partial charge on any atom is 0.240 e. The molecule has 2 rings (SSSR count). The van der Waals surface area contributed by atoms with Gasteiger partial charge in [-0.15, -0.1) is 11.3 Å². The second-order valence-electron chi connectivity index (χ2n) is 5.13. The lowest BCUT2D eigenvalue weighted by Crippen LogP contribution is -2.56. The van der Waals surface area contributed by atoms with E-state index in [2.05, 4.69) is 29.7 Å². The minimum atomic E-state index is -0.235. The molecule has 4 nitrogen and oxygen atoms in total. The Morgan fingerprint density at radius 2 is 2.42 bits per heavy atom. The van der Waals surface area contributed by atoms with Gasteiger partial charge in [0.15, 0.2) is 0 Å². The van der Waals surface area contributed by atoms with Gasteiger partial charge in [-0.25, -0.2) is 0 Å². The van der Waals surface area contributed by atoms with Crippen LogP contribution in [-0.2, 0) is 16.0 Å². The fourth-order valence-corrected chi connectivity index (χ4v) is 3.33. The molecule has 1 aliphatic rings. The molecule has 1 unspecified atom stereocenters. The normalized spacial score (nSPS) is 25.0. The fourth-order valence-electron chi connectivity index (χ4n) is 2.31. The van der Waals surface area contributed by atoms with E-state index in [-0.39, 0.29) is 24.1 Å². The molecular weight excluding hydrogens is 260 g/mol. The molecule has 0 radical (unpaired) electrons. The first kappa shape index (κ1) is 14.5. The first-order valence-electron chi connectivity index (χ1n) is 6.77. The summed E-state index contributed by atoms with van der Waals surface area (Å²) < 4.78 is 5.49. The predicted octanol–water partition coefficient (Wildman–Crippen LogP) is 1.48. The molecule has 2 heterocycles. The standard InChI is InChI=1S/C14H22N2O2S/c1-9(8-12-5-4-10(2)19-12)16-14(17)13-11(3)18-7-6-15-13/h4-5,9,11,13,15H,6-8H2,1-3H3,(H,16,17)/t9?,11-,13+/m1/s1. The fraction of sp³-hybridized carbons (Fsp3) is 0.643. The molecule has 19 heavy (non-hydrogen) atoms. The number of amides is 1. The number of thiophene rings is 1. The number of rotatable bonds is 4. The van der Waals surface area contributed by atoms with Crippen LogP contribution in [-0.4, -0.2) is 37.2 Å². The summed E-state index contributed by atoms with van der Waals surface area (Å²) >= 11 is 1.79. The topological polar surface area (TPSA) is 50.4 Å². The van der Waals surface area contributed by atoms with Crippen LogP contribution in [0, 0.1) is 6.92 Å². The zero-order valence-corrected chi connectivity index (χ0v) is 12.5. The van der Waals surface area contributed by atoms with Gasteiger partial charge in [0.1, 0.15) is 6.04 Å². The number of aryl methyl sites for hydroxylation is 1. The van der Waals surface area contributed by atoms with E-state index < -0.39 is 0 Å². The van der Waals surface area contributed by atoms with Crippen LogP contribution in [0.3, 0.4) is 0 Å². The predicted molar refractivity (Wildman–Crippen MR) is 77.6 cm³/mol. The van der Waals surface area contributed by atoms with Crippen molar-refractivity contribution in [2.24, 2.45) is 0 Å². The molecule has 1 amide bonds. The van der Waals surface area contributed by atoms with Crippen LogP contribution in [0.4, 0.5) is 0 Å². The van der Waals surface area contributed by atoms with Crippen molar-refractivity contribution >= 4 is 17.2 Å². The van der Waals surface area contributed by atoms with Crippen molar-refractivity contribution in [3.8, 4) is 0 Å². The average molecular weight is 282 g/mol. The largest absolute Gasteiger partial charge is 0.375 e. The highest BCUT2D eigenvalue weighted by molar-refractivity contribution is 7.11. The minimum absolute atomic E-state index is 0.0352. The highest BCUT2D eigenvalue weighted by Gasteiger charge is 2.28. The number of morpholine rings is 1. The molecule has 5 heteroatoms. The number of carbonyl (C=O) groups is 1. The van der Waals surface area contributed by atoms with Gasteiger partial charge in [-0.1, -0.05) is 0 Å². The summed E-state index contributed by atoms with van der Waals surface area (Å²) in [7, 11) is 0. The molecular formula is C14H22N2O2S. The highest BCUT2D eigenvalue weighted by Crippen LogP contribution is 2.16. The first-order chi connectivity index (χ1) is 9.06. The van der Waals surface area contributed by atoms with E-state index in [1.807, 2.05) is 13.8 Å². The molecule has 1 aliphatic heterocycles. The van der Waals surface area contributed by atoms with Crippen LogP contribution in [0.25, 0.3) is 0 Å². The lowest BCUT2D eigenvalue weighted by Gasteiger charge is -2.30. The van der Waals surface area contributed by atoms with Gasteiger partial charge in [0, 0.05) is 28.8 Å². The monoisotopic (exact) mass is 282 g/mol. The highest BCUT2D eigenvalue weighted by atomic mass is 32.1. The molecule has 106 valence electrons. The molecule has 0 bridgehead atoms. The summed E-state index contributed by atoms with van der Waals surface area (Å²) in [5, 5.41) is 6.27. The lowest BCUT2D eigenvalue weighted by atomic mass is 10.1. The molecule has 0 saturated carbocycles.